The van der Waals surface area contributed by atoms with E-state index in [1.54, 1.807) is 0 Å². The molecule has 0 radical (unpaired) electrons. The minimum atomic E-state index is -0.943. The van der Waals surface area contributed by atoms with Crippen LogP contribution in [-0.4, -0.2) is 22.2 Å². The van der Waals surface area contributed by atoms with E-state index in [0.29, 0.717) is 0 Å². The van der Waals surface area contributed by atoms with Gasteiger partial charge in [-0.05, 0) is 18.3 Å². The third-order valence-electron chi connectivity index (χ3n) is 3.21. The Bertz CT molecular complexity index is 235. The molecule has 0 aliphatic carbocycles. The van der Waals surface area contributed by atoms with E-state index in [1.807, 2.05) is 27.7 Å². The fraction of sp³-hybridized carbons (Fsp3) is 0.818. The van der Waals surface area contributed by atoms with Gasteiger partial charge >= 0.3 is 11.9 Å². The van der Waals surface area contributed by atoms with Crippen molar-refractivity contribution in [2.45, 2.75) is 40.5 Å². The van der Waals surface area contributed by atoms with Crippen molar-refractivity contribution >= 4 is 11.9 Å². The molecular weight excluding hydrogens is 196 g/mol. The van der Waals surface area contributed by atoms with Gasteiger partial charge in [0.15, 0.2) is 0 Å². The topological polar surface area (TPSA) is 74.6 Å². The normalized spacial score (nSPS) is 12.1. The molecule has 2 N–H and O–H groups in total. The van der Waals surface area contributed by atoms with Crippen molar-refractivity contribution in [3.8, 4) is 0 Å². The first-order valence-corrected chi connectivity index (χ1v) is 5.20. The number of aliphatic carboxylic acids is 2. The summed E-state index contributed by atoms with van der Waals surface area (Å²) in [5.74, 6) is -1.99. The Hall–Kier alpha value is -1.06. The molecule has 4 nitrogen and oxygen atoms in total. The van der Waals surface area contributed by atoms with Gasteiger partial charge in [0.1, 0.15) is 0 Å². The second kappa shape index (κ2) is 5.14. The van der Waals surface area contributed by atoms with Gasteiger partial charge in [0.05, 0.1) is 5.41 Å². The summed E-state index contributed by atoms with van der Waals surface area (Å²) in [7, 11) is 0. The number of carboxylic acid groups (broad SMARTS) is 2. The van der Waals surface area contributed by atoms with Gasteiger partial charge in [0, 0.05) is 6.42 Å². The van der Waals surface area contributed by atoms with Crippen LogP contribution in [0, 0.1) is 17.3 Å². The third-order valence-corrected chi connectivity index (χ3v) is 3.21. The molecule has 0 spiro atoms. The first-order valence-electron chi connectivity index (χ1n) is 5.20. The van der Waals surface area contributed by atoms with Crippen LogP contribution < -0.4 is 0 Å². The van der Waals surface area contributed by atoms with Crippen LogP contribution in [0.4, 0.5) is 0 Å². The number of hydrogen-bond donors (Lipinski definition) is 2. The Kier molecular flexibility index (Phi) is 4.78. The molecule has 0 aliphatic rings. The molecule has 0 aliphatic heterocycles. The standard InChI is InChI=1S/C11H20O4/c1-7(2)11(8(3)4,10(14)15)6-5-9(12)13/h7-8H,5-6H2,1-4H3,(H,12,13)(H,14,15). The first kappa shape index (κ1) is 13.9. The van der Waals surface area contributed by atoms with Gasteiger partial charge in [0.25, 0.3) is 0 Å². The quantitative estimate of drug-likeness (QED) is 0.714. The predicted molar refractivity (Wildman–Crippen MR) is 56.6 cm³/mol. The Balaban J connectivity index is 4.97. The van der Waals surface area contributed by atoms with E-state index in [-0.39, 0.29) is 24.7 Å². The molecular formula is C11H20O4. The molecule has 4 heteroatoms. The Morgan fingerprint density at radius 1 is 1.07 bits per heavy atom. The van der Waals surface area contributed by atoms with E-state index in [4.69, 9.17) is 5.11 Å². The predicted octanol–water partition coefficient (Wildman–Crippen LogP) is 2.23. The van der Waals surface area contributed by atoms with Gasteiger partial charge in [-0.15, -0.1) is 0 Å². The maximum Gasteiger partial charge on any atom is 0.310 e. The van der Waals surface area contributed by atoms with Crippen molar-refractivity contribution in [1.82, 2.24) is 0 Å². The number of rotatable bonds is 6. The van der Waals surface area contributed by atoms with Crippen molar-refractivity contribution in [1.29, 1.82) is 0 Å². The highest BCUT2D eigenvalue weighted by molar-refractivity contribution is 5.76. The van der Waals surface area contributed by atoms with E-state index in [0.717, 1.165) is 0 Å². The SMILES string of the molecule is CC(C)C(CCC(=O)O)(C(=O)O)C(C)C. The second-order valence-corrected chi connectivity index (χ2v) is 4.55. The molecule has 88 valence electrons. The zero-order valence-corrected chi connectivity index (χ0v) is 9.78. The highest BCUT2D eigenvalue weighted by Gasteiger charge is 2.44. The Morgan fingerprint density at radius 3 is 1.67 bits per heavy atom. The van der Waals surface area contributed by atoms with Crippen LogP contribution in [0.2, 0.25) is 0 Å². The lowest BCUT2D eigenvalue weighted by Crippen LogP contribution is -2.41. The van der Waals surface area contributed by atoms with Crippen LogP contribution >= 0.6 is 0 Å². The number of carbonyl (C=O) groups is 2. The smallest absolute Gasteiger partial charge is 0.310 e. The van der Waals surface area contributed by atoms with Crippen molar-refractivity contribution in [2.75, 3.05) is 0 Å². The summed E-state index contributed by atoms with van der Waals surface area (Å²) < 4.78 is 0. The molecule has 0 amide bonds. The fourth-order valence-corrected chi connectivity index (χ4v) is 2.16. The fourth-order valence-electron chi connectivity index (χ4n) is 2.16. The average Bonchev–Trinajstić information content (AvgIpc) is 2.02. The van der Waals surface area contributed by atoms with Crippen LogP contribution in [0.25, 0.3) is 0 Å². The van der Waals surface area contributed by atoms with Gasteiger partial charge < -0.3 is 10.2 Å². The van der Waals surface area contributed by atoms with Crippen molar-refractivity contribution in [3.05, 3.63) is 0 Å². The van der Waals surface area contributed by atoms with Crippen molar-refractivity contribution < 1.29 is 19.8 Å². The highest BCUT2D eigenvalue weighted by Crippen LogP contribution is 2.40. The van der Waals surface area contributed by atoms with Crippen LogP contribution in [0.15, 0.2) is 0 Å². The molecule has 0 aromatic heterocycles. The van der Waals surface area contributed by atoms with Crippen LogP contribution in [-0.2, 0) is 9.59 Å². The van der Waals surface area contributed by atoms with Gasteiger partial charge in [-0.3, -0.25) is 9.59 Å². The number of hydrogen-bond acceptors (Lipinski definition) is 2. The zero-order valence-electron chi connectivity index (χ0n) is 9.78. The van der Waals surface area contributed by atoms with E-state index < -0.39 is 17.4 Å². The largest absolute Gasteiger partial charge is 0.481 e. The third kappa shape index (κ3) is 2.94. The first-order chi connectivity index (χ1) is 6.75. The van der Waals surface area contributed by atoms with E-state index in [9.17, 15) is 14.7 Å². The minimum Gasteiger partial charge on any atom is -0.481 e. The molecule has 0 atom stereocenters. The summed E-state index contributed by atoms with van der Waals surface area (Å²) >= 11 is 0. The Labute approximate surface area is 90.3 Å². The van der Waals surface area contributed by atoms with Crippen molar-refractivity contribution in [2.24, 2.45) is 17.3 Å². The maximum atomic E-state index is 11.3. The molecule has 0 saturated heterocycles. The summed E-state index contributed by atoms with van der Waals surface area (Å²) in [6.45, 7) is 7.32. The van der Waals surface area contributed by atoms with Crippen LogP contribution in [0.1, 0.15) is 40.5 Å². The molecule has 0 rings (SSSR count). The van der Waals surface area contributed by atoms with E-state index in [1.165, 1.54) is 0 Å². The molecule has 0 aromatic carbocycles. The zero-order chi connectivity index (χ0) is 12.2. The van der Waals surface area contributed by atoms with Crippen LogP contribution in [0.3, 0.4) is 0 Å². The Morgan fingerprint density at radius 2 is 1.47 bits per heavy atom. The van der Waals surface area contributed by atoms with Crippen LogP contribution in [0.5, 0.6) is 0 Å². The summed E-state index contributed by atoms with van der Waals surface area (Å²) in [6, 6.07) is 0. The van der Waals surface area contributed by atoms with Crippen molar-refractivity contribution in [3.63, 3.8) is 0 Å². The molecule has 0 bridgehead atoms. The molecule has 0 aromatic rings. The minimum absolute atomic E-state index is 0.0747. The molecule has 0 heterocycles. The lowest BCUT2D eigenvalue weighted by molar-refractivity contribution is -0.157. The molecule has 15 heavy (non-hydrogen) atoms. The van der Waals surface area contributed by atoms with Gasteiger partial charge in [-0.25, -0.2) is 0 Å². The van der Waals surface area contributed by atoms with E-state index in [2.05, 4.69) is 0 Å². The maximum absolute atomic E-state index is 11.3. The van der Waals surface area contributed by atoms with E-state index >= 15 is 0 Å². The molecule has 0 fully saturated rings. The van der Waals surface area contributed by atoms with Gasteiger partial charge in [0.2, 0.25) is 0 Å². The summed E-state index contributed by atoms with van der Waals surface area (Å²) in [5.41, 5.74) is -0.932. The average molecular weight is 216 g/mol. The number of carboxylic acids is 2. The second-order valence-electron chi connectivity index (χ2n) is 4.55. The highest BCUT2D eigenvalue weighted by atomic mass is 16.4. The lowest BCUT2D eigenvalue weighted by Gasteiger charge is -2.36. The monoisotopic (exact) mass is 216 g/mol. The summed E-state index contributed by atoms with van der Waals surface area (Å²) in [5, 5.41) is 17.9. The van der Waals surface area contributed by atoms with Gasteiger partial charge in [-0.1, -0.05) is 27.7 Å². The molecule has 0 unspecified atom stereocenters. The molecule has 0 saturated carbocycles. The van der Waals surface area contributed by atoms with Gasteiger partial charge in [-0.2, -0.15) is 0 Å². The lowest BCUT2D eigenvalue weighted by atomic mass is 9.66. The summed E-state index contributed by atoms with van der Waals surface area (Å²) in [6.07, 6.45) is 0.0929. The summed E-state index contributed by atoms with van der Waals surface area (Å²) in [4.78, 5) is 21.8.